The van der Waals surface area contributed by atoms with Crippen LogP contribution in [0.4, 0.5) is 0 Å². The minimum Gasteiger partial charge on any atom is -0.452 e. The largest absolute Gasteiger partial charge is 0.452 e. The molecule has 0 bridgehead atoms. The third-order valence-corrected chi connectivity index (χ3v) is 6.54. The highest BCUT2D eigenvalue weighted by Gasteiger charge is 2.22. The van der Waals surface area contributed by atoms with Crippen molar-refractivity contribution in [1.29, 1.82) is 0 Å². The van der Waals surface area contributed by atoms with Crippen LogP contribution in [0.25, 0.3) is 0 Å². The molecule has 5 nitrogen and oxygen atoms in total. The molecule has 0 aliphatic carbocycles. The SMILES string of the molecule is Cc1nc(CSc2ccccc2C(=O)OCC(=O)N2CCC(C)CC2)cs1. The fraction of sp³-hybridized carbons (Fsp3) is 0.450. The summed E-state index contributed by atoms with van der Waals surface area (Å²) >= 11 is 3.17. The lowest BCUT2D eigenvalue weighted by molar-refractivity contribution is -0.135. The minimum atomic E-state index is -0.453. The van der Waals surface area contributed by atoms with E-state index >= 15 is 0 Å². The second-order valence-electron chi connectivity index (χ2n) is 6.78. The number of likely N-dealkylation sites (tertiary alicyclic amines) is 1. The lowest BCUT2D eigenvalue weighted by atomic mass is 9.99. The molecule has 0 spiro atoms. The number of amides is 1. The van der Waals surface area contributed by atoms with Gasteiger partial charge in [-0.2, -0.15) is 0 Å². The highest BCUT2D eigenvalue weighted by atomic mass is 32.2. The summed E-state index contributed by atoms with van der Waals surface area (Å²) in [5, 5.41) is 3.06. The van der Waals surface area contributed by atoms with Crippen molar-refractivity contribution >= 4 is 35.0 Å². The van der Waals surface area contributed by atoms with Crippen LogP contribution >= 0.6 is 23.1 Å². The van der Waals surface area contributed by atoms with Crippen LogP contribution in [0.5, 0.6) is 0 Å². The molecule has 1 aliphatic heterocycles. The molecule has 1 saturated heterocycles. The van der Waals surface area contributed by atoms with E-state index in [9.17, 15) is 9.59 Å². The zero-order valence-electron chi connectivity index (χ0n) is 15.6. The molecule has 1 aliphatic rings. The number of rotatable bonds is 6. The maximum atomic E-state index is 12.5. The Morgan fingerprint density at radius 3 is 2.74 bits per heavy atom. The Balaban J connectivity index is 1.55. The molecule has 1 aromatic carbocycles. The Kier molecular flexibility index (Phi) is 6.90. The standard InChI is InChI=1S/C20H24N2O3S2/c1-14-7-9-22(10-8-14)19(23)11-25-20(24)17-5-3-4-6-18(17)27-13-16-12-26-15(2)21-16/h3-6,12,14H,7-11,13H2,1-2H3. The van der Waals surface area contributed by atoms with Crippen molar-refractivity contribution in [3.63, 3.8) is 0 Å². The molecule has 7 heteroatoms. The van der Waals surface area contributed by atoms with Gasteiger partial charge in [-0.15, -0.1) is 23.1 Å². The molecule has 1 aromatic heterocycles. The second-order valence-corrected chi connectivity index (χ2v) is 8.86. The number of aromatic nitrogens is 1. The number of benzene rings is 1. The van der Waals surface area contributed by atoms with Gasteiger partial charge in [-0.25, -0.2) is 9.78 Å². The lowest BCUT2D eigenvalue weighted by Crippen LogP contribution is -2.40. The van der Waals surface area contributed by atoms with Crippen LogP contribution in [0.3, 0.4) is 0 Å². The highest BCUT2D eigenvalue weighted by molar-refractivity contribution is 7.98. The van der Waals surface area contributed by atoms with E-state index in [-0.39, 0.29) is 12.5 Å². The van der Waals surface area contributed by atoms with Crippen LogP contribution in [0.15, 0.2) is 34.5 Å². The molecule has 0 N–H and O–H groups in total. The van der Waals surface area contributed by atoms with Crippen LogP contribution in [0, 0.1) is 12.8 Å². The average molecular weight is 405 g/mol. The first-order valence-corrected chi connectivity index (χ1v) is 11.0. The quantitative estimate of drug-likeness (QED) is 0.534. The summed E-state index contributed by atoms with van der Waals surface area (Å²) in [6.07, 6.45) is 2.02. The molecule has 1 amide bonds. The summed E-state index contributed by atoms with van der Waals surface area (Å²) < 4.78 is 5.31. The van der Waals surface area contributed by atoms with Gasteiger partial charge in [0.25, 0.3) is 5.91 Å². The van der Waals surface area contributed by atoms with Gasteiger partial charge in [0, 0.05) is 29.1 Å². The number of thiazole rings is 1. The van der Waals surface area contributed by atoms with Crippen LogP contribution in [-0.4, -0.2) is 41.5 Å². The number of aryl methyl sites for hydroxylation is 1. The summed E-state index contributed by atoms with van der Waals surface area (Å²) in [4.78, 5) is 31.9. The number of ether oxygens (including phenoxy) is 1. The molecular weight excluding hydrogens is 380 g/mol. The molecule has 0 atom stereocenters. The van der Waals surface area contributed by atoms with Crippen LogP contribution in [0.1, 0.15) is 40.8 Å². The van der Waals surface area contributed by atoms with Gasteiger partial charge >= 0.3 is 5.97 Å². The first-order chi connectivity index (χ1) is 13.0. The van der Waals surface area contributed by atoms with E-state index in [4.69, 9.17) is 4.74 Å². The number of nitrogens with zero attached hydrogens (tertiary/aromatic N) is 2. The van der Waals surface area contributed by atoms with Crippen molar-refractivity contribution in [2.24, 2.45) is 5.92 Å². The number of piperidine rings is 1. The molecule has 3 rings (SSSR count). The zero-order chi connectivity index (χ0) is 19.2. The van der Waals surface area contributed by atoms with E-state index in [1.807, 2.05) is 30.5 Å². The summed E-state index contributed by atoms with van der Waals surface area (Å²) in [7, 11) is 0. The number of esters is 1. The average Bonchev–Trinajstić information content (AvgIpc) is 3.10. The Bertz CT molecular complexity index is 798. The molecule has 0 unspecified atom stereocenters. The first kappa shape index (κ1) is 19.9. The van der Waals surface area contributed by atoms with Crippen molar-refractivity contribution < 1.29 is 14.3 Å². The predicted octanol–water partition coefficient (Wildman–Crippen LogP) is 4.16. The number of carbonyl (C=O) groups is 2. The van der Waals surface area contributed by atoms with Gasteiger partial charge < -0.3 is 9.64 Å². The smallest absolute Gasteiger partial charge is 0.339 e. The third-order valence-electron chi connectivity index (χ3n) is 4.61. The summed E-state index contributed by atoms with van der Waals surface area (Å²) in [5.41, 5.74) is 1.50. The van der Waals surface area contributed by atoms with E-state index in [2.05, 4.69) is 11.9 Å². The molecule has 27 heavy (non-hydrogen) atoms. The van der Waals surface area contributed by atoms with Crippen molar-refractivity contribution in [1.82, 2.24) is 9.88 Å². The lowest BCUT2D eigenvalue weighted by Gasteiger charge is -2.30. The van der Waals surface area contributed by atoms with Gasteiger partial charge in [-0.1, -0.05) is 19.1 Å². The van der Waals surface area contributed by atoms with Crippen molar-refractivity contribution in [3.8, 4) is 0 Å². The van der Waals surface area contributed by atoms with Gasteiger partial charge in [0.2, 0.25) is 0 Å². The summed E-state index contributed by atoms with van der Waals surface area (Å²) in [6.45, 7) is 5.47. The maximum Gasteiger partial charge on any atom is 0.339 e. The Labute approximate surface area is 168 Å². The third kappa shape index (κ3) is 5.56. The number of thioether (sulfide) groups is 1. The molecule has 1 fully saturated rings. The molecular formula is C20H24N2O3S2. The van der Waals surface area contributed by atoms with Gasteiger partial charge in [0.05, 0.1) is 16.3 Å². The fourth-order valence-corrected chi connectivity index (χ4v) is 4.59. The van der Waals surface area contributed by atoms with Crippen molar-refractivity contribution in [2.75, 3.05) is 19.7 Å². The Hall–Kier alpha value is -1.86. The van der Waals surface area contributed by atoms with E-state index in [1.54, 1.807) is 34.1 Å². The van der Waals surface area contributed by atoms with E-state index < -0.39 is 5.97 Å². The molecule has 2 heterocycles. The van der Waals surface area contributed by atoms with Crippen LogP contribution in [0.2, 0.25) is 0 Å². The summed E-state index contributed by atoms with van der Waals surface area (Å²) in [6, 6.07) is 7.34. The molecule has 0 saturated carbocycles. The van der Waals surface area contributed by atoms with Crippen LogP contribution < -0.4 is 0 Å². The summed E-state index contributed by atoms with van der Waals surface area (Å²) in [5.74, 6) is 0.783. The highest BCUT2D eigenvalue weighted by Crippen LogP contribution is 2.27. The van der Waals surface area contributed by atoms with E-state index in [1.165, 1.54) is 0 Å². The Morgan fingerprint density at radius 1 is 1.30 bits per heavy atom. The number of hydrogen-bond acceptors (Lipinski definition) is 6. The second kappa shape index (κ2) is 9.37. The van der Waals surface area contributed by atoms with Gasteiger partial charge in [0.15, 0.2) is 6.61 Å². The Morgan fingerprint density at radius 2 is 2.04 bits per heavy atom. The van der Waals surface area contributed by atoms with Crippen LogP contribution in [-0.2, 0) is 15.3 Å². The normalized spacial score (nSPS) is 15.0. The maximum absolute atomic E-state index is 12.5. The first-order valence-electron chi connectivity index (χ1n) is 9.10. The van der Waals surface area contributed by atoms with E-state index in [0.29, 0.717) is 17.2 Å². The van der Waals surface area contributed by atoms with Gasteiger partial charge in [0.1, 0.15) is 0 Å². The van der Waals surface area contributed by atoms with Crippen molar-refractivity contribution in [3.05, 3.63) is 45.9 Å². The zero-order valence-corrected chi connectivity index (χ0v) is 17.3. The number of hydrogen-bond donors (Lipinski definition) is 0. The molecule has 2 aromatic rings. The fourth-order valence-electron chi connectivity index (χ4n) is 2.94. The van der Waals surface area contributed by atoms with Gasteiger partial charge in [-0.3, -0.25) is 4.79 Å². The van der Waals surface area contributed by atoms with Crippen molar-refractivity contribution in [2.45, 2.75) is 37.3 Å². The van der Waals surface area contributed by atoms with Gasteiger partial charge in [-0.05, 0) is 37.8 Å². The predicted molar refractivity (Wildman–Crippen MR) is 108 cm³/mol. The monoisotopic (exact) mass is 404 g/mol. The molecule has 0 radical (unpaired) electrons. The molecule has 144 valence electrons. The number of carbonyl (C=O) groups excluding carboxylic acids is 2. The minimum absolute atomic E-state index is 0.113. The van der Waals surface area contributed by atoms with E-state index in [0.717, 1.165) is 41.5 Å². The topological polar surface area (TPSA) is 59.5 Å².